The highest BCUT2D eigenvalue weighted by Gasteiger charge is 2.35. The fourth-order valence-electron chi connectivity index (χ4n) is 3.35. The largest absolute Gasteiger partial charge is 0.325 e. The van der Waals surface area contributed by atoms with Crippen LogP contribution in [-0.4, -0.2) is 23.3 Å². The molecule has 0 saturated carbocycles. The van der Waals surface area contributed by atoms with E-state index in [0.717, 1.165) is 22.3 Å². The number of carbonyl (C=O) groups is 2. The number of nitrogens with zero attached hydrogens (tertiary/aromatic N) is 2. The first kappa shape index (κ1) is 17.5. The SMILES string of the molecule is Cc1ccc2c(NC(=O)[C@H]3CC(=O)N(c4ccc(Cl)cc4)C3)cccc2n1. The Labute approximate surface area is 162 Å². The van der Waals surface area contributed by atoms with Gasteiger partial charge in [0.1, 0.15) is 0 Å². The minimum atomic E-state index is -0.401. The molecule has 3 aromatic rings. The number of anilines is 2. The minimum Gasteiger partial charge on any atom is -0.325 e. The Balaban J connectivity index is 1.53. The van der Waals surface area contributed by atoms with Gasteiger partial charge >= 0.3 is 0 Å². The first-order chi connectivity index (χ1) is 13.0. The third-order valence-corrected chi connectivity index (χ3v) is 5.02. The van der Waals surface area contributed by atoms with Gasteiger partial charge in [0.15, 0.2) is 0 Å². The molecule has 0 radical (unpaired) electrons. The molecule has 2 aromatic carbocycles. The van der Waals surface area contributed by atoms with E-state index in [4.69, 9.17) is 11.6 Å². The highest BCUT2D eigenvalue weighted by molar-refractivity contribution is 6.30. The maximum absolute atomic E-state index is 12.8. The van der Waals surface area contributed by atoms with E-state index in [0.29, 0.717) is 17.3 Å². The van der Waals surface area contributed by atoms with Crippen LogP contribution in [-0.2, 0) is 9.59 Å². The monoisotopic (exact) mass is 379 g/mol. The molecule has 1 saturated heterocycles. The van der Waals surface area contributed by atoms with Gasteiger partial charge in [0.2, 0.25) is 11.8 Å². The summed E-state index contributed by atoms with van der Waals surface area (Å²) in [6, 6.07) is 16.6. The molecule has 0 aliphatic carbocycles. The van der Waals surface area contributed by atoms with Crippen molar-refractivity contribution in [2.45, 2.75) is 13.3 Å². The van der Waals surface area contributed by atoms with Gasteiger partial charge in [-0.25, -0.2) is 0 Å². The van der Waals surface area contributed by atoms with Gasteiger partial charge in [-0.15, -0.1) is 0 Å². The molecule has 0 unspecified atom stereocenters. The van der Waals surface area contributed by atoms with E-state index < -0.39 is 5.92 Å². The zero-order valence-electron chi connectivity index (χ0n) is 14.8. The van der Waals surface area contributed by atoms with E-state index in [2.05, 4.69) is 10.3 Å². The number of hydrogen-bond donors (Lipinski definition) is 1. The van der Waals surface area contributed by atoms with E-state index in [1.807, 2.05) is 37.3 Å². The molecule has 136 valence electrons. The summed E-state index contributed by atoms with van der Waals surface area (Å²) in [6.45, 7) is 2.29. The van der Waals surface area contributed by atoms with Crippen LogP contribution in [0.3, 0.4) is 0 Å². The summed E-state index contributed by atoms with van der Waals surface area (Å²) < 4.78 is 0. The molecule has 2 heterocycles. The molecular weight excluding hydrogens is 362 g/mol. The second-order valence-electron chi connectivity index (χ2n) is 6.70. The lowest BCUT2D eigenvalue weighted by Gasteiger charge is -2.17. The molecule has 0 bridgehead atoms. The zero-order valence-corrected chi connectivity index (χ0v) is 15.5. The van der Waals surface area contributed by atoms with Gasteiger partial charge in [-0.2, -0.15) is 0 Å². The summed E-state index contributed by atoms with van der Waals surface area (Å²) in [7, 11) is 0. The van der Waals surface area contributed by atoms with Crippen LogP contribution >= 0.6 is 11.6 Å². The molecule has 1 aromatic heterocycles. The molecule has 4 rings (SSSR count). The maximum Gasteiger partial charge on any atom is 0.229 e. The number of hydrogen-bond acceptors (Lipinski definition) is 3. The normalized spacial score (nSPS) is 16.7. The fraction of sp³-hybridized carbons (Fsp3) is 0.190. The topological polar surface area (TPSA) is 62.3 Å². The lowest BCUT2D eigenvalue weighted by atomic mass is 10.1. The molecule has 1 aliphatic rings. The molecule has 5 nitrogen and oxygen atoms in total. The van der Waals surface area contributed by atoms with Gasteiger partial charge in [0.05, 0.1) is 17.1 Å². The van der Waals surface area contributed by atoms with Crippen LogP contribution in [0.4, 0.5) is 11.4 Å². The molecule has 1 fully saturated rings. The second kappa shape index (κ2) is 7.00. The molecule has 2 amide bonds. The van der Waals surface area contributed by atoms with Crippen LogP contribution in [0.2, 0.25) is 5.02 Å². The summed E-state index contributed by atoms with van der Waals surface area (Å²) in [5, 5.41) is 4.46. The highest BCUT2D eigenvalue weighted by atomic mass is 35.5. The van der Waals surface area contributed by atoms with Crippen molar-refractivity contribution in [3.63, 3.8) is 0 Å². The Morgan fingerprint density at radius 3 is 2.70 bits per heavy atom. The second-order valence-corrected chi connectivity index (χ2v) is 7.13. The van der Waals surface area contributed by atoms with E-state index >= 15 is 0 Å². The average Bonchev–Trinajstić information content (AvgIpc) is 3.04. The third kappa shape index (κ3) is 3.51. The number of nitrogens with one attached hydrogen (secondary N) is 1. The number of amides is 2. The van der Waals surface area contributed by atoms with Crippen molar-refractivity contribution in [2.75, 3.05) is 16.8 Å². The summed E-state index contributed by atoms with van der Waals surface area (Å²) in [6.07, 6.45) is 0.191. The number of rotatable bonds is 3. The van der Waals surface area contributed by atoms with Crippen molar-refractivity contribution in [3.05, 3.63) is 65.3 Å². The van der Waals surface area contributed by atoms with Crippen molar-refractivity contribution in [3.8, 4) is 0 Å². The molecule has 0 spiro atoms. The Bertz CT molecular complexity index is 1030. The molecular formula is C21H18ClN3O2. The summed E-state index contributed by atoms with van der Waals surface area (Å²) >= 11 is 5.91. The van der Waals surface area contributed by atoms with Gasteiger partial charge < -0.3 is 10.2 Å². The maximum atomic E-state index is 12.8. The fourth-order valence-corrected chi connectivity index (χ4v) is 3.48. The van der Waals surface area contributed by atoms with Gasteiger partial charge in [0, 0.05) is 34.8 Å². The Morgan fingerprint density at radius 2 is 1.93 bits per heavy atom. The van der Waals surface area contributed by atoms with Crippen LogP contribution in [0.15, 0.2) is 54.6 Å². The lowest BCUT2D eigenvalue weighted by molar-refractivity contribution is -0.122. The smallest absolute Gasteiger partial charge is 0.229 e. The Hall–Kier alpha value is -2.92. The van der Waals surface area contributed by atoms with Gasteiger partial charge in [0.25, 0.3) is 0 Å². The highest BCUT2D eigenvalue weighted by Crippen LogP contribution is 2.28. The number of aromatic nitrogens is 1. The number of halogens is 1. The van der Waals surface area contributed by atoms with Crippen molar-refractivity contribution in [1.82, 2.24) is 4.98 Å². The van der Waals surface area contributed by atoms with Crippen LogP contribution in [0.1, 0.15) is 12.1 Å². The number of fused-ring (bicyclic) bond motifs is 1. The predicted molar refractivity (Wildman–Crippen MR) is 107 cm³/mol. The molecule has 1 aliphatic heterocycles. The number of carbonyl (C=O) groups excluding carboxylic acids is 2. The van der Waals surface area contributed by atoms with Crippen LogP contribution in [0, 0.1) is 12.8 Å². The van der Waals surface area contributed by atoms with E-state index in [9.17, 15) is 9.59 Å². The summed E-state index contributed by atoms with van der Waals surface area (Å²) in [5.41, 5.74) is 3.22. The molecule has 6 heteroatoms. The average molecular weight is 380 g/mol. The minimum absolute atomic E-state index is 0.0623. The number of pyridine rings is 1. The Morgan fingerprint density at radius 1 is 1.15 bits per heavy atom. The van der Waals surface area contributed by atoms with Crippen molar-refractivity contribution in [1.29, 1.82) is 0 Å². The first-order valence-electron chi connectivity index (χ1n) is 8.74. The quantitative estimate of drug-likeness (QED) is 0.742. The standard InChI is InChI=1S/C21H18ClN3O2/c1-13-5-10-17-18(23-13)3-2-4-19(17)24-21(27)14-11-20(26)25(12-14)16-8-6-15(22)7-9-16/h2-10,14H,11-12H2,1H3,(H,24,27)/t14-/m0/s1. The third-order valence-electron chi connectivity index (χ3n) is 4.76. The Kier molecular flexibility index (Phi) is 4.54. The summed E-state index contributed by atoms with van der Waals surface area (Å²) in [4.78, 5) is 31.3. The van der Waals surface area contributed by atoms with Crippen LogP contribution in [0.25, 0.3) is 10.9 Å². The van der Waals surface area contributed by atoms with E-state index in [1.54, 1.807) is 29.2 Å². The van der Waals surface area contributed by atoms with Gasteiger partial charge in [-0.05, 0) is 55.5 Å². The molecule has 1 atom stereocenters. The number of aryl methyl sites for hydroxylation is 1. The zero-order chi connectivity index (χ0) is 19.0. The lowest BCUT2D eigenvalue weighted by Crippen LogP contribution is -2.28. The predicted octanol–water partition coefficient (Wildman–Crippen LogP) is 4.19. The molecule has 27 heavy (non-hydrogen) atoms. The van der Waals surface area contributed by atoms with Crippen LogP contribution < -0.4 is 10.2 Å². The summed E-state index contributed by atoms with van der Waals surface area (Å²) in [5.74, 6) is -0.623. The molecule has 1 N–H and O–H groups in total. The van der Waals surface area contributed by atoms with Gasteiger partial charge in [-0.3, -0.25) is 14.6 Å². The van der Waals surface area contributed by atoms with E-state index in [1.165, 1.54) is 0 Å². The first-order valence-corrected chi connectivity index (χ1v) is 9.12. The van der Waals surface area contributed by atoms with E-state index in [-0.39, 0.29) is 18.2 Å². The van der Waals surface area contributed by atoms with Crippen molar-refractivity contribution >= 4 is 45.7 Å². The van der Waals surface area contributed by atoms with Gasteiger partial charge in [-0.1, -0.05) is 17.7 Å². The number of benzene rings is 2. The van der Waals surface area contributed by atoms with Crippen molar-refractivity contribution in [2.24, 2.45) is 5.92 Å². The van der Waals surface area contributed by atoms with Crippen LogP contribution in [0.5, 0.6) is 0 Å². The van der Waals surface area contributed by atoms with Crippen molar-refractivity contribution < 1.29 is 9.59 Å².